The van der Waals surface area contributed by atoms with Gasteiger partial charge in [0.25, 0.3) is 0 Å². The van der Waals surface area contributed by atoms with Crippen LogP contribution >= 0.6 is 39.1 Å². The van der Waals surface area contributed by atoms with Crippen molar-refractivity contribution in [1.29, 1.82) is 0 Å². The number of rotatable bonds is 4. The van der Waals surface area contributed by atoms with Gasteiger partial charge in [0.05, 0.1) is 15.4 Å². The van der Waals surface area contributed by atoms with E-state index in [1.807, 2.05) is 12.1 Å². The van der Waals surface area contributed by atoms with Crippen molar-refractivity contribution in [1.82, 2.24) is 14.8 Å². The number of aromatic nitrogens is 3. The molecule has 1 aromatic heterocycles. The molecule has 0 N–H and O–H groups in total. The van der Waals surface area contributed by atoms with Gasteiger partial charge in [-0.15, -0.1) is 10.2 Å². The average molecular weight is 363 g/mol. The highest BCUT2D eigenvalue weighted by Gasteiger charge is 2.17. The van der Waals surface area contributed by atoms with Crippen LogP contribution in [-0.4, -0.2) is 14.8 Å². The average Bonchev–Trinajstić information content (AvgIpc) is 2.75. The Bertz CT molecular complexity index is 581. The van der Waals surface area contributed by atoms with Crippen molar-refractivity contribution < 1.29 is 0 Å². The molecule has 0 aliphatic rings. The summed E-state index contributed by atoms with van der Waals surface area (Å²) in [5.41, 5.74) is 0.814. The summed E-state index contributed by atoms with van der Waals surface area (Å²) >= 11 is 15.8. The molecule has 0 fully saturated rings. The fourth-order valence-electron chi connectivity index (χ4n) is 1.87. The highest BCUT2D eigenvalue weighted by Crippen LogP contribution is 2.33. The van der Waals surface area contributed by atoms with E-state index in [1.54, 1.807) is 6.07 Å². The summed E-state index contributed by atoms with van der Waals surface area (Å²) in [7, 11) is 0. The lowest BCUT2D eigenvalue weighted by Gasteiger charge is -2.13. The number of alkyl halides is 1. The molecule has 19 heavy (non-hydrogen) atoms. The van der Waals surface area contributed by atoms with E-state index in [2.05, 4.69) is 44.5 Å². The summed E-state index contributed by atoms with van der Waals surface area (Å²) in [6, 6.07) is 5.54. The van der Waals surface area contributed by atoms with E-state index in [9.17, 15) is 0 Å². The lowest BCUT2D eigenvalue weighted by atomic mass is 10.2. The topological polar surface area (TPSA) is 30.7 Å². The maximum atomic E-state index is 6.26. The third-order valence-corrected chi connectivity index (χ3v) is 4.01. The molecule has 0 atom stereocenters. The first-order chi connectivity index (χ1) is 9.04. The Kier molecular flexibility index (Phi) is 4.87. The fourth-order valence-corrected chi connectivity index (χ4v) is 2.67. The second-order valence-electron chi connectivity index (χ2n) is 4.68. The molecule has 102 valence electrons. The van der Waals surface area contributed by atoms with Crippen molar-refractivity contribution in [2.45, 2.75) is 25.7 Å². The van der Waals surface area contributed by atoms with Gasteiger partial charge in [-0.1, -0.05) is 59.0 Å². The van der Waals surface area contributed by atoms with Crippen LogP contribution in [0.3, 0.4) is 0 Å². The van der Waals surface area contributed by atoms with Gasteiger partial charge < -0.3 is 4.57 Å². The summed E-state index contributed by atoms with van der Waals surface area (Å²) in [5.74, 6) is 2.14. The van der Waals surface area contributed by atoms with Crippen molar-refractivity contribution in [3.63, 3.8) is 0 Å². The Balaban J connectivity index is 2.55. The smallest absolute Gasteiger partial charge is 0.165 e. The van der Waals surface area contributed by atoms with Gasteiger partial charge in [-0.3, -0.25) is 0 Å². The number of hydrogen-bond acceptors (Lipinski definition) is 2. The molecule has 0 bridgehead atoms. The maximum Gasteiger partial charge on any atom is 0.165 e. The van der Waals surface area contributed by atoms with Crippen LogP contribution in [0.2, 0.25) is 10.0 Å². The third kappa shape index (κ3) is 3.12. The zero-order valence-electron chi connectivity index (χ0n) is 10.7. The first kappa shape index (κ1) is 14.8. The van der Waals surface area contributed by atoms with Gasteiger partial charge in [-0.25, -0.2) is 0 Å². The molecule has 0 spiro atoms. The minimum absolute atomic E-state index is 0.491. The Hall–Kier alpha value is -0.580. The molecular weight excluding hydrogens is 349 g/mol. The summed E-state index contributed by atoms with van der Waals surface area (Å²) in [6.07, 6.45) is 0. The van der Waals surface area contributed by atoms with E-state index >= 15 is 0 Å². The molecule has 3 nitrogen and oxygen atoms in total. The molecule has 0 aliphatic heterocycles. The van der Waals surface area contributed by atoms with Crippen molar-refractivity contribution in [2.75, 3.05) is 0 Å². The molecular formula is C13H14BrCl2N3. The van der Waals surface area contributed by atoms with Crippen LogP contribution in [0.4, 0.5) is 0 Å². The zero-order valence-corrected chi connectivity index (χ0v) is 13.8. The van der Waals surface area contributed by atoms with Crippen LogP contribution < -0.4 is 0 Å². The van der Waals surface area contributed by atoms with Crippen LogP contribution in [0.15, 0.2) is 18.2 Å². The Morgan fingerprint density at radius 1 is 1.26 bits per heavy atom. The van der Waals surface area contributed by atoms with E-state index in [1.165, 1.54) is 0 Å². The highest BCUT2D eigenvalue weighted by molar-refractivity contribution is 9.08. The number of hydrogen-bond donors (Lipinski definition) is 0. The van der Waals surface area contributed by atoms with Crippen molar-refractivity contribution >= 4 is 39.1 Å². The minimum Gasteiger partial charge on any atom is -0.310 e. The lowest BCUT2D eigenvalue weighted by molar-refractivity contribution is 0.516. The van der Waals surface area contributed by atoms with E-state index in [0.29, 0.717) is 21.3 Å². The standard InChI is InChI=1S/C13H14BrCl2N3/c1-8(2)7-19-11(6-14)17-18-13(19)9-4-3-5-10(15)12(9)16/h3-5,8H,6-7H2,1-2H3. The van der Waals surface area contributed by atoms with Gasteiger partial charge in [0.2, 0.25) is 0 Å². The van der Waals surface area contributed by atoms with Gasteiger partial charge in [-0.2, -0.15) is 0 Å². The predicted molar refractivity (Wildman–Crippen MR) is 82.9 cm³/mol. The van der Waals surface area contributed by atoms with Crippen LogP contribution in [-0.2, 0) is 11.9 Å². The summed E-state index contributed by atoms with van der Waals surface area (Å²) in [5, 5.41) is 10.2. The van der Waals surface area contributed by atoms with Gasteiger partial charge in [0, 0.05) is 12.1 Å². The van der Waals surface area contributed by atoms with Gasteiger partial charge in [0.1, 0.15) is 5.82 Å². The van der Waals surface area contributed by atoms with E-state index in [4.69, 9.17) is 23.2 Å². The molecule has 0 aliphatic carbocycles. The molecule has 0 saturated carbocycles. The molecule has 2 aromatic rings. The van der Waals surface area contributed by atoms with Gasteiger partial charge >= 0.3 is 0 Å². The molecule has 0 saturated heterocycles. The van der Waals surface area contributed by atoms with Crippen molar-refractivity contribution in [3.05, 3.63) is 34.1 Å². The van der Waals surface area contributed by atoms with Crippen LogP contribution in [0.25, 0.3) is 11.4 Å². The normalized spacial score (nSPS) is 11.3. The largest absolute Gasteiger partial charge is 0.310 e. The molecule has 1 heterocycles. The predicted octanol–water partition coefficient (Wildman–Crippen LogP) is 4.80. The lowest BCUT2D eigenvalue weighted by Crippen LogP contribution is -2.09. The zero-order chi connectivity index (χ0) is 14.0. The van der Waals surface area contributed by atoms with E-state index in [0.717, 1.165) is 23.8 Å². The molecule has 2 rings (SSSR count). The summed E-state index contributed by atoms with van der Waals surface area (Å²) < 4.78 is 2.08. The summed E-state index contributed by atoms with van der Waals surface area (Å²) in [4.78, 5) is 0. The Labute approximate surface area is 131 Å². The van der Waals surface area contributed by atoms with Crippen molar-refractivity contribution in [3.8, 4) is 11.4 Å². The Morgan fingerprint density at radius 2 is 2.00 bits per heavy atom. The van der Waals surface area contributed by atoms with E-state index in [-0.39, 0.29) is 0 Å². The molecule has 1 aromatic carbocycles. The molecule has 0 amide bonds. The van der Waals surface area contributed by atoms with Gasteiger partial charge in [0.15, 0.2) is 5.82 Å². The van der Waals surface area contributed by atoms with Crippen molar-refractivity contribution in [2.24, 2.45) is 5.92 Å². The first-order valence-corrected chi connectivity index (χ1v) is 7.84. The molecule has 0 unspecified atom stereocenters. The fraction of sp³-hybridized carbons (Fsp3) is 0.385. The third-order valence-electron chi connectivity index (χ3n) is 2.69. The highest BCUT2D eigenvalue weighted by atomic mass is 79.9. The Morgan fingerprint density at radius 3 is 2.63 bits per heavy atom. The summed E-state index contributed by atoms with van der Waals surface area (Å²) in [6.45, 7) is 5.15. The molecule has 0 radical (unpaired) electrons. The van der Waals surface area contributed by atoms with Crippen LogP contribution in [0.1, 0.15) is 19.7 Å². The molecule has 6 heteroatoms. The minimum atomic E-state index is 0.491. The van der Waals surface area contributed by atoms with Gasteiger partial charge in [-0.05, 0) is 18.1 Å². The number of halogens is 3. The van der Waals surface area contributed by atoms with Crippen LogP contribution in [0.5, 0.6) is 0 Å². The SMILES string of the molecule is CC(C)Cn1c(CBr)nnc1-c1cccc(Cl)c1Cl. The second kappa shape index (κ2) is 6.25. The maximum absolute atomic E-state index is 6.26. The number of benzene rings is 1. The second-order valence-corrected chi connectivity index (χ2v) is 6.03. The quantitative estimate of drug-likeness (QED) is 0.731. The first-order valence-electron chi connectivity index (χ1n) is 5.97. The number of nitrogens with zero attached hydrogens (tertiary/aromatic N) is 3. The van der Waals surface area contributed by atoms with E-state index < -0.39 is 0 Å². The monoisotopic (exact) mass is 361 g/mol. The van der Waals surface area contributed by atoms with Crippen LogP contribution in [0, 0.1) is 5.92 Å².